The second-order valence-electron chi connectivity index (χ2n) is 6.28. The van der Waals surface area contributed by atoms with Crippen molar-refractivity contribution in [3.8, 4) is 5.75 Å². The van der Waals surface area contributed by atoms with Gasteiger partial charge in [0.25, 0.3) is 0 Å². The van der Waals surface area contributed by atoms with Gasteiger partial charge < -0.3 is 14.8 Å². The molecule has 0 saturated carbocycles. The van der Waals surface area contributed by atoms with Crippen LogP contribution in [-0.2, 0) is 16.1 Å². The van der Waals surface area contributed by atoms with E-state index in [9.17, 15) is 4.79 Å². The van der Waals surface area contributed by atoms with Crippen LogP contribution in [-0.4, -0.2) is 60.5 Å². The maximum Gasteiger partial charge on any atom is 0.243 e. The molecule has 1 fully saturated rings. The number of benzene rings is 1. The minimum absolute atomic E-state index is 0.0447. The van der Waals surface area contributed by atoms with Crippen molar-refractivity contribution in [2.75, 3.05) is 33.1 Å². The number of aromatic nitrogens is 2. The number of anilines is 1. The largest absolute Gasteiger partial charge is 0.497 e. The molecule has 134 valence electrons. The van der Waals surface area contributed by atoms with Gasteiger partial charge in [0.1, 0.15) is 5.75 Å². The fourth-order valence-corrected chi connectivity index (χ4v) is 3.07. The van der Waals surface area contributed by atoms with Crippen LogP contribution in [0.5, 0.6) is 5.75 Å². The van der Waals surface area contributed by atoms with Gasteiger partial charge in [0, 0.05) is 25.9 Å². The number of nitrogens with one attached hydrogen (secondary N) is 1. The summed E-state index contributed by atoms with van der Waals surface area (Å²) < 4.78 is 12.3. The Labute approximate surface area is 147 Å². The molecule has 1 amide bonds. The van der Waals surface area contributed by atoms with Gasteiger partial charge in [-0.2, -0.15) is 5.10 Å². The fourth-order valence-electron chi connectivity index (χ4n) is 3.07. The van der Waals surface area contributed by atoms with Crippen molar-refractivity contribution in [3.05, 3.63) is 42.1 Å². The van der Waals surface area contributed by atoms with Crippen LogP contribution >= 0.6 is 0 Å². The van der Waals surface area contributed by atoms with Gasteiger partial charge in [-0.3, -0.25) is 14.4 Å². The molecule has 2 atom stereocenters. The average Bonchev–Trinajstić information content (AvgIpc) is 3.21. The summed E-state index contributed by atoms with van der Waals surface area (Å²) in [4.78, 5) is 14.5. The summed E-state index contributed by atoms with van der Waals surface area (Å²) in [5, 5.41) is 7.32. The van der Waals surface area contributed by atoms with Gasteiger partial charge in [0.2, 0.25) is 5.91 Å². The van der Waals surface area contributed by atoms with Gasteiger partial charge in [-0.05, 0) is 31.2 Å². The molecule has 7 heteroatoms. The molecule has 1 saturated heterocycles. The van der Waals surface area contributed by atoms with E-state index in [0.717, 1.165) is 17.9 Å². The number of rotatable bonds is 6. The number of hydrogen-bond acceptors (Lipinski definition) is 5. The Morgan fingerprint density at radius 1 is 1.28 bits per heavy atom. The molecule has 1 N–H and O–H groups in total. The standard InChI is InChI=1S/C18H24N4O3/c1-21-12-15(25-3)10-16(21)18(23)19-17-8-9-22(20-17)11-13-4-6-14(24-2)7-5-13/h4-9,15-16H,10-12H2,1-3H3,(H,19,20,23)/t15-,16-/m0/s1. The topological polar surface area (TPSA) is 68.6 Å². The van der Waals surface area contributed by atoms with Gasteiger partial charge in [0.15, 0.2) is 5.82 Å². The fraction of sp³-hybridized carbons (Fsp3) is 0.444. The number of hydrogen-bond donors (Lipinski definition) is 1. The van der Waals surface area contributed by atoms with E-state index in [1.165, 1.54) is 0 Å². The summed E-state index contributed by atoms with van der Waals surface area (Å²) in [5.41, 5.74) is 1.11. The monoisotopic (exact) mass is 344 g/mol. The van der Waals surface area contributed by atoms with Gasteiger partial charge in [-0.25, -0.2) is 0 Å². The van der Waals surface area contributed by atoms with Crippen molar-refractivity contribution in [1.82, 2.24) is 14.7 Å². The summed E-state index contributed by atoms with van der Waals surface area (Å²) >= 11 is 0. The van der Waals surface area contributed by atoms with Crippen molar-refractivity contribution in [2.45, 2.75) is 25.1 Å². The molecule has 1 aromatic carbocycles. The SMILES string of the molecule is COc1ccc(Cn2ccc(NC(=O)[C@@H]3C[C@H](OC)CN3C)n2)cc1. The molecule has 0 aliphatic carbocycles. The van der Waals surface area contributed by atoms with E-state index >= 15 is 0 Å². The number of methoxy groups -OCH3 is 2. The summed E-state index contributed by atoms with van der Waals surface area (Å²) in [6.07, 6.45) is 2.66. The lowest BCUT2D eigenvalue weighted by Crippen LogP contribution is -2.37. The van der Waals surface area contributed by atoms with E-state index < -0.39 is 0 Å². The second-order valence-corrected chi connectivity index (χ2v) is 6.28. The lowest BCUT2D eigenvalue weighted by Gasteiger charge is -2.17. The molecule has 0 radical (unpaired) electrons. The van der Waals surface area contributed by atoms with Gasteiger partial charge in [-0.1, -0.05) is 12.1 Å². The molecule has 1 aromatic heterocycles. The Morgan fingerprint density at radius 3 is 2.68 bits per heavy atom. The lowest BCUT2D eigenvalue weighted by atomic mass is 10.2. The molecule has 1 aliphatic rings. The zero-order valence-electron chi connectivity index (χ0n) is 14.8. The third-order valence-electron chi connectivity index (χ3n) is 4.54. The Morgan fingerprint density at radius 2 is 2.04 bits per heavy atom. The minimum atomic E-state index is -0.184. The number of carbonyl (C=O) groups excluding carboxylic acids is 1. The maximum absolute atomic E-state index is 12.5. The summed E-state index contributed by atoms with van der Waals surface area (Å²) in [6, 6.07) is 9.46. The highest BCUT2D eigenvalue weighted by Gasteiger charge is 2.34. The highest BCUT2D eigenvalue weighted by atomic mass is 16.5. The van der Waals surface area contributed by atoms with Crippen LogP contribution in [0.15, 0.2) is 36.5 Å². The van der Waals surface area contributed by atoms with Gasteiger partial charge in [0.05, 0.1) is 25.8 Å². The number of nitrogens with zero attached hydrogens (tertiary/aromatic N) is 3. The van der Waals surface area contributed by atoms with Crippen LogP contribution in [0.25, 0.3) is 0 Å². The molecule has 0 spiro atoms. The molecule has 2 heterocycles. The zero-order valence-corrected chi connectivity index (χ0v) is 14.8. The highest BCUT2D eigenvalue weighted by molar-refractivity contribution is 5.94. The first kappa shape index (κ1) is 17.4. The van der Waals surface area contributed by atoms with Crippen molar-refractivity contribution in [2.24, 2.45) is 0 Å². The number of likely N-dealkylation sites (tertiary alicyclic amines) is 1. The van der Waals surface area contributed by atoms with Crippen LogP contribution in [0, 0.1) is 0 Å². The lowest BCUT2D eigenvalue weighted by molar-refractivity contribution is -0.120. The van der Waals surface area contributed by atoms with E-state index in [2.05, 4.69) is 10.4 Å². The van der Waals surface area contributed by atoms with Crippen molar-refractivity contribution >= 4 is 11.7 Å². The molecule has 1 aliphatic heterocycles. The maximum atomic E-state index is 12.5. The van der Waals surface area contributed by atoms with Gasteiger partial charge >= 0.3 is 0 Å². The third-order valence-corrected chi connectivity index (χ3v) is 4.54. The van der Waals surface area contributed by atoms with E-state index in [1.807, 2.05) is 48.5 Å². The second kappa shape index (κ2) is 7.67. The summed E-state index contributed by atoms with van der Waals surface area (Å²) in [5.74, 6) is 1.34. The molecule has 25 heavy (non-hydrogen) atoms. The Balaban J connectivity index is 1.58. The zero-order chi connectivity index (χ0) is 17.8. The molecule has 3 rings (SSSR count). The first-order chi connectivity index (χ1) is 12.1. The van der Waals surface area contributed by atoms with Crippen LogP contribution in [0.3, 0.4) is 0 Å². The van der Waals surface area contributed by atoms with E-state index in [-0.39, 0.29) is 18.1 Å². The van der Waals surface area contributed by atoms with Crippen LogP contribution in [0.4, 0.5) is 5.82 Å². The molecular weight excluding hydrogens is 320 g/mol. The quantitative estimate of drug-likeness (QED) is 0.862. The predicted molar refractivity (Wildman–Crippen MR) is 94.8 cm³/mol. The van der Waals surface area contributed by atoms with Crippen molar-refractivity contribution in [1.29, 1.82) is 0 Å². The van der Waals surface area contributed by atoms with Crippen molar-refractivity contribution < 1.29 is 14.3 Å². The minimum Gasteiger partial charge on any atom is -0.497 e. The van der Waals surface area contributed by atoms with Crippen molar-refractivity contribution in [3.63, 3.8) is 0 Å². The highest BCUT2D eigenvalue weighted by Crippen LogP contribution is 2.19. The smallest absolute Gasteiger partial charge is 0.243 e. The van der Waals surface area contributed by atoms with E-state index in [4.69, 9.17) is 9.47 Å². The normalized spacial score (nSPS) is 20.6. The number of carbonyl (C=O) groups is 1. The van der Waals surface area contributed by atoms with E-state index in [1.54, 1.807) is 18.9 Å². The number of amides is 1. The molecule has 0 unspecified atom stereocenters. The number of likely N-dealkylation sites (N-methyl/N-ethyl adjacent to an activating group) is 1. The molecule has 2 aromatic rings. The summed E-state index contributed by atoms with van der Waals surface area (Å²) in [7, 11) is 5.26. The Bertz CT molecular complexity index is 713. The first-order valence-corrected chi connectivity index (χ1v) is 8.29. The molecule has 0 bridgehead atoms. The number of ether oxygens (including phenoxy) is 2. The molecule has 7 nitrogen and oxygen atoms in total. The van der Waals surface area contributed by atoms with E-state index in [0.29, 0.717) is 18.8 Å². The third kappa shape index (κ3) is 4.18. The Kier molecular flexibility index (Phi) is 5.35. The van der Waals surface area contributed by atoms with Crippen LogP contribution in [0.2, 0.25) is 0 Å². The average molecular weight is 344 g/mol. The summed E-state index contributed by atoms with van der Waals surface area (Å²) in [6.45, 7) is 1.40. The van der Waals surface area contributed by atoms with Crippen LogP contribution in [0.1, 0.15) is 12.0 Å². The van der Waals surface area contributed by atoms with Gasteiger partial charge in [-0.15, -0.1) is 0 Å². The molecular formula is C18H24N4O3. The Hall–Kier alpha value is -2.38. The first-order valence-electron chi connectivity index (χ1n) is 8.29. The predicted octanol–water partition coefficient (Wildman–Crippen LogP) is 1.60. The van der Waals surface area contributed by atoms with Crippen LogP contribution < -0.4 is 10.1 Å².